The zero-order valence-corrected chi connectivity index (χ0v) is 9.00. The Bertz CT molecular complexity index is 357. The van der Waals surface area contributed by atoms with Gasteiger partial charge in [-0.05, 0) is 25.5 Å². The molecule has 1 aromatic heterocycles. The van der Waals surface area contributed by atoms with E-state index in [0.717, 1.165) is 6.42 Å². The van der Waals surface area contributed by atoms with Gasteiger partial charge in [0.1, 0.15) is 0 Å². The van der Waals surface area contributed by atoms with Gasteiger partial charge >= 0.3 is 0 Å². The third-order valence-electron chi connectivity index (χ3n) is 1.95. The van der Waals surface area contributed by atoms with Crippen molar-refractivity contribution in [3.63, 3.8) is 0 Å². The molecule has 1 heterocycles. The summed E-state index contributed by atoms with van der Waals surface area (Å²) in [7, 11) is 0. The van der Waals surface area contributed by atoms with Crippen LogP contribution in [0.5, 0.6) is 0 Å². The van der Waals surface area contributed by atoms with Gasteiger partial charge in [0.25, 0.3) is 5.91 Å². The lowest BCUT2D eigenvalue weighted by atomic mass is 10.2. The first-order valence-electron chi connectivity index (χ1n) is 4.95. The van der Waals surface area contributed by atoms with Gasteiger partial charge in [-0.15, -0.1) is 0 Å². The number of hydrogen-bond acceptors (Lipinski definition) is 3. The normalized spacial score (nSPS) is 9.73. The van der Waals surface area contributed by atoms with Crippen LogP contribution < -0.4 is 5.32 Å². The fourth-order valence-electron chi connectivity index (χ4n) is 1.09. The molecule has 1 amide bonds. The van der Waals surface area contributed by atoms with Crippen LogP contribution in [0.3, 0.4) is 0 Å². The third-order valence-corrected chi connectivity index (χ3v) is 1.95. The second-order valence-corrected chi connectivity index (χ2v) is 3.31. The van der Waals surface area contributed by atoms with Crippen LogP contribution in [0.1, 0.15) is 36.3 Å². The average Bonchev–Trinajstić information content (AvgIpc) is 2.26. The Kier molecular flexibility index (Phi) is 3.97. The zero-order valence-electron chi connectivity index (χ0n) is 9.00. The van der Waals surface area contributed by atoms with Crippen LogP contribution in [-0.2, 0) is 0 Å². The van der Waals surface area contributed by atoms with E-state index in [4.69, 9.17) is 5.41 Å². The molecule has 0 saturated heterocycles. The minimum absolute atomic E-state index is 0.112. The number of pyridine rings is 1. The molecule has 80 valence electrons. The molecule has 4 nitrogen and oxygen atoms in total. The lowest BCUT2D eigenvalue weighted by Crippen LogP contribution is -2.24. The van der Waals surface area contributed by atoms with Crippen LogP contribution in [-0.4, -0.2) is 23.1 Å². The number of nitrogens with zero attached hydrogens (tertiary/aromatic N) is 1. The number of carbonyl (C=O) groups is 1. The summed E-state index contributed by atoms with van der Waals surface area (Å²) in [4.78, 5) is 15.5. The Morgan fingerprint density at radius 2 is 2.27 bits per heavy atom. The van der Waals surface area contributed by atoms with E-state index >= 15 is 0 Å². The van der Waals surface area contributed by atoms with Gasteiger partial charge in [-0.3, -0.25) is 9.78 Å². The van der Waals surface area contributed by atoms with E-state index in [1.165, 1.54) is 6.20 Å². The SMILES string of the molecule is CCCNC(=O)c1ccc(C(C)=N)nc1. The van der Waals surface area contributed by atoms with Crippen molar-refractivity contribution in [3.05, 3.63) is 29.6 Å². The van der Waals surface area contributed by atoms with Gasteiger partial charge in [0.15, 0.2) is 0 Å². The van der Waals surface area contributed by atoms with E-state index in [9.17, 15) is 4.79 Å². The highest BCUT2D eigenvalue weighted by Crippen LogP contribution is 2.00. The molecule has 0 saturated carbocycles. The molecule has 0 unspecified atom stereocenters. The van der Waals surface area contributed by atoms with Gasteiger partial charge in [0.05, 0.1) is 17.0 Å². The van der Waals surface area contributed by atoms with Crippen molar-refractivity contribution in [2.24, 2.45) is 0 Å². The van der Waals surface area contributed by atoms with Crippen molar-refractivity contribution in [2.45, 2.75) is 20.3 Å². The quantitative estimate of drug-likeness (QED) is 0.733. The molecule has 1 rings (SSSR count). The molecule has 0 fully saturated rings. The number of aromatic nitrogens is 1. The molecule has 0 radical (unpaired) electrons. The molecular formula is C11H15N3O. The summed E-state index contributed by atoms with van der Waals surface area (Å²) in [6, 6.07) is 3.37. The maximum atomic E-state index is 11.5. The van der Waals surface area contributed by atoms with Crippen LogP contribution in [0.15, 0.2) is 18.3 Å². The lowest BCUT2D eigenvalue weighted by molar-refractivity contribution is 0.0953. The molecule has 0 atom stereocenters. The highest BCUT2D eigenvalue weighted by atomic mass is 16.1. The smallest absolute Gasteiger partial charge is 0.252 e. The maximum absolute atomic E-state index is 11.5. The first-order valence-corrected chi connectivity index (χ1v) is 4.95. The van der Waals surface area contributed by atoms with Crippen LogP contribution in [0.4, 0.5) is 0 Å². The van der Waals surface area contributed by atoms with Crippen molar-refractivity contribution in [1.29, 1.82) is 5.41 Å². The van der Waals surface area contributed by atoms with Gasteiger partial charge in [0.2, 0.25) is 0 Å². The second kappa shape index (κ2) is 5.24. The highest BCUT2D eigenvalue weighted by Gasteiger charge is 2.05. The standard InChI is InChI=1S/C11H15N3O/c1-3-6-13-11(15)9-4-5-10(8(2)12)14-7-9/h4-5,7,12H,3,6H2,1-2H3,(H,13,15). The van der Waals surface area contributed by atoms with Crippen molar-refractivity contribution < 1.29 is 4.79 Å². The fourth-order valence-corrected chi connectivity index (χ4v) is 1.09. The molecule has 15 heavy (non-hydrogen) atoms. The van der Waals surface area contributed by atoms with Crippen molar-refractivity contribution in [3.8, 4) is 0 Å². The van der Waals surface area contributed by atoms with Gasteiger partial charge in [-0.1, -0.05) is 6.92 Å². The summed E-state index contributed by atoms with van der Waals surface area (Å²) in [6.45, 7) is 4.34. The van der Waals surface area contributed by atoms with Gasteiger partial charge in [0, 0.05) is 12.7 Å². The molecular weight excluding hydrogens is 190 g/mol. The highest BCUT2D eigenvalue weighted by molar-refractivity contribution is 5.97. The van der Waals surface area contributed by atoms with Crippen LogP contribution in [0.25, 0.3) is 0 Å². The Hall–Kier alpha value is -1.71. The van der Waals surface area contributed by atoms with E-state index in [0.29, 0.717) is 23.5 Å². The molecule has 0 spiro atoms. The first kappa shape index (κ1) is 11.4. The van der Waals surface area contributed by atoms with Crippen molar-refractivity contribution in [2.75, 3.05) is 6.54 Å². The fraction of sp³-hybridized carbons (Fsp3) is 0.364. The number of carbonyl (C=O) groups excluding carboxylic acids is 1. The van der Waals surface area contributed by atoms with Gasteiger partial charge in [-0.25, -0.2) is 0 Å². The summed E-state index contributed by atoms with van der Waals surface area (Å²) in [5.41, 5.74) is 1.53. The van der Waals surface area contributed by atoms with Crippen molar-refractivity contribution >= 4 is 11.6 Å². The molecule has 0 aliphatic carbocycles. The predicted molar refractivity (Wildman–Crippen MR) is 59.4 cm³/mol. The summed E-state index contributed by atoms with van der Waals surface area (Å²) in [6.07, 6.45) is 2.41. The molecule has 4 heteroatoms. The molecule has 0 aliphatic heterocycles. The van der Waals surface area contributed by atoms with Gasteiger partial charge in [-0.2, -0.15) is 0 Å². The Morgan fingerprint density at radius 3 is 2.73 bits per heavy atom. The molecule has 2 N–H and O–H groups in total. The number of hydrogen-bond donors (Lipinski definition) is 2. The molecule has 0 aromatic carbocycles. The molecule has 0 bridgehead atoms. The lowest BCUT2D eigenvalue weighted by Gasteiger charge is -2.03. The maximum Gasteiger partial charge on any atom is 0.252 e. The zero-order chi connectivity index (χ0) is 11.3. The van der Waals surface area contributed by atoms with E-state index in [2.05, 4.69) is 10.3 Å². The summed E-state index contributed by atoms with van der Waals surface area (Å²) in [5.74, 6) is -0.112. The Morgan fingerprint density at radius 1 is 1.53 bits per heavy atom. The monoisotopic (exact) mass is 205 g/mol. The largest absolute Gasteiger partial charge is 0.352 e. The topological polar surface area (TPSA) is 65.8 Å². The molecule has 1 aromatic rings. The minimum atomic E-state index is -0.112. The summed E-state index contributed by atoms with van der Waals surface area (Å²) < 4.78 is 0. The van der Waals surface area contributed by atoms with Crippen molar-refractivity contribution in [1.82, 2.24) is 10.3 Å². The number of rotatable bonds is 4. The number of amides is 1. The number of nitrogens with one attached hydrogen (secondary N) is 2. The van der Waals surface area contributed by atoms with Crippen LogP contribution >= 0.6 is 0 Å². The van der Waals surface area contributed by atoms with E-state index in [1.807, 2.05) is 6.92 Å². The Labute approximate surface area is 89.2 Å². The second-order valence-electron chi connectivity index (χ2n) is 3.31. The van der Waals surface area contributed by atoms with E-state index < -0.39 is 0 Å². The van der Waals surface area contributed by atoms with Crippen LogP contribution in [0.2, 0.25) is 0 Å². The molecule has 0 aliphatic rings. The summed E-state index contributed by atoms with van der Waals surface area (Å²) >= 11 is 0. The predicted octanol–water partition coefficient (Wildman–Crippen LogP) is 1.61. The Balaban J connectivity index is 2.71. The minimum Gasteiger partial charge on any atom is -0.352 e. The average molecular weight is 205 g/mol. The van der Waals surface area contributed by atoms with E-state index in [1.54, 1.807) is 19.1 Å². The first-order chi connectivity index (χ1) is 7.15. The van der Waals surface area contributed by atoms with Gasteiger partial charge < -0.3 is 10.7 Å². The summed E-state index contributed by atoms with van der Waals surface area (Å²) in [5, 5.41) is 10.1. The third kappa shape index (κ3) is 3.16. The van der Waals surface area contributed by atoms with Crippen LogP contribution in [0, 0.1) is 5.41 Å². The van der Waals surface area contributed by atoms with E-state index in [-0.39, 0.29) is 5.91 Å².